The fraction of sp³-hybridized carbons (Fsp3) is 0.446. The van der Waals surface area contributed by atoms with Crippen molar-refractivity contribution in [2.45, 2.75) is 226 Å². The van der Waals surface area contributed by atoms with E-state index in [2.05, 4.69) is 45.0 Å². The zero-order valence-corrected chi connectivity index (χ0v) is 62.0. The number of unbranched alkanes of at least 4 members (excludes halogenated alkanes) is 30. The number of hydrogen-bond acceptors (Lipinski definition) is 0. The van der Waals surface area contributed by atoms with Crippen molar-refractivity contribution in [2.24, 2.45) is 0 Å². The quantitative estimate of drug-likeness (QED) is 0.0129. The van der Waals surface area contributed by atoms with Crippen molar-refractivity contribution < 1.29 is 128 Å². The van der Waals surface area contributed by atoms with Gasteiger partial charge < -0.3 is 4.90 Å². The molecule has 113 heavy (non-hydrogen) atoms. The summed E-state index contributed by atoms with van der Waals surface area (Å²) in [5, 5.41) is -25.0. The summed E-state index contributed by atoms with van der Waals surface area (Å²) < 4.78 is 442. The van der Waals surface area contributed by atoms with Crippen LogP contribution in [0, 0.1) is 170 Å². The fourth-order valence-electron chi connectivity index (χ4n) is 15.4. The van der Waals surface area contributed by atoms with Crippen molar-refractivity contribution in [3.8, 4) is 0 Å². The molecule has 30 heteroatoms. The molecule has 1 N–H and O–H groups in total. The number of hydrogen-bond donors (Lipinski definition) is 1. The van der Waals surface area contributed by atoms with Crippen molar-refractivity contribution in [1.82, 2.24) is 0 Å². The minimum atomic E-state index is -7.99. The number of nitrogens with one attached hydrogen (secondary N) is 1. The largest absolute Gasteiger partial charge is 0.302 e. The van der Waals surface area contributed by atoms with Gasteiger partial charge in [0.25, 0.3) is 0 Å². The van der Waals surface area contributed by atoms with E-state index in [1.165, 1.54) is 230 Å². The maximum Gasteiger partial charge on any atom is 0.198 e. The Balaban J connectivity index is 0.000000315. The third-order valence-corrected chi connectivity index (χ3v) is 21.3. The highest BCUT2D eigenvalue weighted by Gasteiger charge is 2.53. The average molecular weight is 1640 g/mol. The van der Waals surface area contributed by atoms with Gasteiger partial charge in [0.1, 0.15) is 58.4 Å². The van der Waals surface area contributed by atoms with Gasteiger partial charge in [0.05, 0.1) is 56.2 Å². The molecule has 1 nitrogen and oxygen atoms in total. The van der Waals surface area contributed by atoms with Crippen molar-refractivity contribution in [2.75, 3.05) is 13.1 Å². The smallest absolute Gasteiger partial charge is 0.198 e. The van der Waals surface area contributed by atoms with Gasteiger partial charge in [-0.2, -0.15) is 0 Å². The van der Waals surface area contributed by atoms with Gasteiger partial charge in [0, 0.05) is 0 Å². The molecule has 0 aromatic heterocycles. The van der Waals surface area contributed by atoms with Crippen LogP contribution in [0.5, 0.6) is 0 Å². The van der Waals surface area contributed by atoms with Gasteiger partial charge in [-0.25, -0.2) is 123 Å². The Morgan fingerprint density at radius 2 is 0.336 bits per heavy atom. The maximum atomic E-state index is 17.4. The number of benzene rings is 9. The molecule has 0 radical (unpaired) electrons. The van der Waals surface area contributed by atoms with E-state index in [4.69, 9.17) is 0 Å². The number of rotatable bonds is 39. The van der Waals surface area contributed by atoms with Crippen LogP contribution >= 0.6 is 0 Å². The molecule has 9 rings (SSSR count). The minimum absolute atomic E-state index is 1.32. The lowest BCUT2D eigenvalue weighted by atomic mass is 9.12. The topological polar surface area (TPSA) is 4.44 Å². The summed E-state index contributed by atoms with van der Waals surface area (Å²) in [5.41, 5.74) is -13.0. The van der Waals surface area contributed by atoms with Crippen LogP contribution in [0.25, 0.3) is 43.1 Å². The Morgan fingerprint density at radius 1 is 0.186 bits per heavy atom. The second-order valence-electron chi connectivity index (χ2n) is 28.9. The molecule has 0 aliphatic carbocycles. The Labute approximate surface area is 634 Å². The van der Waals surface area contributed by atoms with Crippen LogP contribution in [0.3, 0.4) is 0 Å². The van der Waals surface area contributed by atoms with E-state index in [9.17, 15) is 35.1 Å². The molecular weight excluding hydrogens is 1550 g/mol. The highest BCUT2D eigenvalue weighted by atomic mass is 19.2. The van der Waals surface area contributed by atoms with Crippen LogP contribution in [-0.2, 0) is 0 Å². The van der Waals surface area contributed by atoms with Crippen molar-refractivity contribution in [1.29, 1.82) is 0 Å². The number of quaternary nitrogens is 1. The molecule has 9 aromatic carbocycles. The second-order valence-corrected chi connectivity index (χ2v) is 28.9. The molecule has 0 heterocycles. The number of fused-ring (bicyclic) bond motifs is 4. The molecule has 618 valence electrons. The summed E-state index contributed by atoms with van der Waals surface area (Å²) in [7, 11) is 0. The lowest BCUT2D eigenvalue weighted by Gasteiger charge is -2.45. The number of halogens is 28. The molecule has 0 bridgehead atoms. The Bertz CT molecular complexity index is 4370. The van der Waals surface area contributed by atoms with E-state index in [-0.39, 0.29) is 0 Å². The van der Waals surface area contributed by atoms with E-state index >= 15 is 87.8 Å². The van der Waals surface area contributed by atoms with Crippen LogP contribution in [0.1, 0.15) is 225 Å². The van der Waals surface area contributed by atoms with Gasteiger partial charge in [-0.1, -0.05) is 211 Å². The van der Waals surface area contributed by atoms with Crippen LogP contribution in [0.15, 0.2) is 24.3 Å². The Kier molecular flexibility index (Phi) is 32.5. The predicted octanol–water partition coefficient (Wildman–Crippen LogP) is 25.6. The molecule has 0 spiro atoms. The summed E-state index contributed by atoms with van der Waals surface area (Å²) in [6.07, 6.45) is 38.5. The van der Waals surface area contributed by atoms with Crippen LogP contribution < -0.4 is 26.8 Å². The fourth-order valence-corrected chi connectivity index (χ4v) is 15.4. The van der Waals surface area contributed by atoms with Gasteiger partial charge in [-0.05, 0) is 44.7 Å². The average Bonchev–Trinajstić information content (AvgIpc) is 0.668. The molecule has 0 amide bonds. The van der Waals surface area contributed by atoms with Gasteiger partial charge in [-0.15, -0.1) is 21.9 Å². The standard InChI is InChI=1S/C43H81N.C40BF28/c1-4-6-8-10-12-14-16-18-20-22-24-26-28-30-32-34-40-44(43-38-36-42(3)37-39-43)41-35-33-31-29-27-25-23-21-19-17-15-13-11-9-7-5-2;42-13-1-5(25(54)37(66)33(62)21(1)50)17(46)29(58)9(13)41(10-14(43)2-6(18(47)30(10)59)26(55)38(67)34(63)22(2)51,11-15(44)3-7(19(48)31(11)60)27(56)39(68)35(64)23(3)52)12-16(45)4-8(20(49)32(12)61)28(57)40(69)36(65)24(4)53/h36-39H,4-35,40-41H2,1-3H3;/q;-1/p+1. The number of aryl methyl sites for hydroxylation is 1. The van der Waals surface area contributed by atoms with E-state index in [0.717, 1.165) is 0 Å². The first kappa shape index (κ1) is 90.6. The molecule has 0 atom stereocenters. The Morgan fingerprint density at radius 3 is 0.513 bits per heavy atom. The summed E-state index contributed by atoms with van der Waals surface area (Å²) in [6, 6.07) is 9.42. The van der Waals surface area contributed by atoms with Crippen LogP contribution in [-0.4, -0.2) is 19.2 Å². The molecule has 0 aliphatic rings. The van der Waals surface area contributed by atoms with Crippen molar-refractivity contribution >= 4 is 76.8 Å². The first-order valence-corrected chi connectivity index (χ1v) is 38.1. The normalized spacial score (nSPS) is 12.1. The Hall–Kier alpha value is -7.92. The van der Waals surface area contributed by atoms with Crippen molar-refractivity contribution in [3.05, 3.63) is 193 Å². The first-order chi connectivity index (χ1) is 53.8. The van der Waals surface area contributed by atoms with Crippen molar-refractivity contribution in [3.63, 3.8) is 0 Å². The monoisotopic (exact) mass is 1640 g/mol. The highest BCUT2D eigenvalue weighted by Crippen LogP contribution is 2.42. The third kappa shape index (κ3) is 18.5. The van der Waals surface area contributed by atoms with E-state index in [1.54, 1.807) is 4.90 Å². The summed E-state index contributed by atoms with van der Waals surface area (Å²) in [6.45, 7) is 9.48. The summed E-state index contributed by atoms with van der Waals surface area (Å²) in [4.78, 5) is 1.74. The first-order valence-electron chi connectivity index (χ1n) is 38.1. The molecule has 0 saturated carbocycles. The highest BCUT2D eigenvalue weighted by molar-refractivity contribution is 7.20. The molecule has 0 fully saturated rings. The zero-order valence-electron chi connectivity index (χ0n) is 62.0. The van der Waals surface area contributed by atoms with E-state index < -0.39 is 234 Å². The lowest BCUT2D eigenvalue weighted by Crippen LogP contribution is -3.07. The predicted molar refractivity (Wildman–Crippen MR) is 380 cm³/mol. The minimum Gasteiger partial charge on any atom is -0.302 e. The second kappa shape index (κ2) is 40.6. The molecule has 9 aromatic rings. The van der Waals surface area contributed by atoms with Gasteiger partial charge in [0.2, 0.25) is 0 Å². The SMILES string of the molecule is CCCCCCCCCCCCCCCCCC[NH+](CCCCCCCCCCCCCCCCCC)c1ccc(C)cc1.Fc1c(F)c(F)c2c(F)c([B-](c3c(F)c(F)c4c(F)c(F)c(F)c(F)c4c3F)(c3c(F)c(F)c4c(F)c(F)c(F)c(F)c4c3F)c3c(F)c(F)c4c(F)c(F)c(F)c(F)c4c3F)c(F)c(F)c2c1F. The van der Waals surface area contributed by atoms with Gasteiger partial charge in [0.15, 0.2) is 116 Å². The van der Waals surface area contributed by atoms with Crippen LogP contribution in [0.2, 0.25) is 0 Å². The molecule has 0 aliphatic heterocycles. The molecule has 0 saturated heterocycles. The maximum absolute atomic E-state index is 17.4. The van der Waals surface area contributed by atoms with E-state index in [1.807, 2.05) is 0 Å². The summed E-state index contributed by atoms with van der Waals surface area (Å²) in [5.74, 6) is -102. The zero-order chi connectivity index (χ0) is 83.2. The van der Waals surface area contributed by atoms with E-state index in [0.29, 0.717) is 0 Å². The molecular formula is C83H82BF28N. The van der Waals surface area contributed by atoms with Crippen LogP contribution in [0.4, 0.5) is 129 Å². The van der Waals surface area contributed by atoms with Gasteiger partial charge >= 0.3 is 0 Å². The van der Waals surface area contributed by atoms with Gasteiger partial charge in [-0.3, -0.25) is 0 Å². The lowest BCUT2D eigenvalue weighted by molar-refractivity contribution is -0.833. The summed E-state index contributed by atoms with van der Waals surface area (Å²) >= 11 is 0. The molecule has 0 unspecified atom stereocenters. The third-order valence-electron chi connectivity index (χ3n) is 21.3.